The second-order valence-electron chi connectivity index (χ2n) is 5.85. The Morgan fingerprint density at radius 3 is 2.71 bits per heavy atom. The molecule has 0 aliphatic carbocycles. The first kappa shape index (κ1) is 18.5. The number of rotatable bonds is 6. The molecule has 0 spiro atoms. The minimum Gasteiger partial charge on any atom is -0.388 e. The molecule has 2 heterocycles. The number of hydrogen-bond donors (Lipinski definition) is 3. The lowest BCUT2D eigenvalue weighted by Gasteiger charge is -2.17. The van der Waals surface area contributed by atoms with Gasteiger partial charge in [0.25, 0.3) is 0 Å². The molecular weight excluding hydrogens is 321 g/mol. The first-order valence-corrected chi connectivity index (χ1v) is 7.95. The van der Waals surface area contributed by atoms with Crippen molar-refractivity contribution in [1.82, 2.24) is 9.55 Å². The van der Waals surface area contributed by atoms with Crippen LogP contribution in [0.3, 0.4) is 0 Å². The Kier molecular flexibility index (Phi) is 6.03. The molecule has 1 aromatic heterocycles. The van der Waals surface area contributed by atoms with Crippen LogP contribution in [0.2, 0.25) is 0 Å². The van der Waals surface area contributed by atoms with E-state index in [4.69, 9.17) is 4.74 Å². The third-order valence-electron chi connectivity index (χ3n) is 3.92. The lowest BCUT2D eigenvalue weighted by Crippen LogP contribution is -2.36. The van der Waals surface area contributed by atoms with Gasteiger partial charge in [-0.25, -0.2) is 9.18 Å². The molecule has 1 aliphatic rings. The highest BCUT2D eigenvalue weighted by molar-refractivity contribution is 5.89. The quantitative estimate of drug-likeness (QED) is 0.650. The van der Waals surface area contributed by atoms with Gasteiger partial charge in [-0.1, -0.05) is 19.8 Å². The molecule has 1 aromatic rings. The number of anilines is 1. The fourth-order valence-electron chi connectivity index (χ4n) is 2.50. The monoisotopic (exact) mass is 343 g/mol. The van der Waals surface area contributed by atoms with E-state index in [0.29, 0.717) is 6.42 Å². The molecule has 0 saturated carbocycles. The summed E-state index contributed by atoms with van der Waals surface area (Å²) in [6.07, 6.45) is -1.01. The van der Waals surface area contributed by atoms with Crippen molar-refractivity contribution in [1.29, 1.82) is 0 Å². The normalized spacial score (nSPS) is 26.5. The Bertz CT molecular complexity index is 650. The number of amides is 1. The molecule has 0 aromatic carbocycles. The lowest BCUT2D eigenvalue weighted by atomic mass is 10.1. The molecule has 9 heteroatoms. The summed E-state index contributed by atoms with van der Waals surface area (Å²) >= 11 is 0. The van der Waals surface area contributed by atoms with Crippen LogP contribution in [0.15, 0.2) is 11.0 Å². The summed E-state index contributed by atoms with van der Waals surface area (Å²) in [6, 6.07) is 0. The van der Waals surface area contributed by atoms with Crippen molar-refractivity contribution < 1.29 is 24.1 Å². The minimum atomic E-state index is -1.38. The number of nitrogens with one attached hydrogen (secondary N) is 1. The first-order valence-electron chi connectivity index (χ1n) is 7.95. The van der Waals surface area contributed by atoms with Gasteiger partial charge in [0.05, 0.1) is 12.3 Å². The highest BCUT2D eigenvalue weighted by Gasteiger charge is 2.42. The standard InChI is InChI=1S/C15H22FN3O5/c1-3-4-5-6-10(20)17-13-9(16)7-19(15(23)18-13)14-12(22)11(21)8(2)24-14/h7-8,11-12,14,21-22H,3-6H2,1-2H3,(H,17,18,20,23)/t8-,11-,12-,14-/m1/s1. The van der Waals surface area contributed by atoms with Crippen LogP contribution in [0.4, 0.5) is 10.2 Å². The van der Waals surface area contributed by atoms with Gasteiger partial charge in [-0.05, 0) is 13.3 Å². The van der Waals surface area contributed by atoms with E-state index in [0.717, 1.165) is 23.6 Å². The number of carbonyl (C=O) groups is 1. The number of halogens is 1. The van der Waals surface area contributed by atoms with E-state index < -0.39 is 47.8 Å². The molecule has 0 radical (unpaired) electrons. The Hall–Kier alpha value is -1.84. The van der Waals surface area contributed by atoms with Crippen molar-refractivity contribution in [2.45, 2.75) is 64.1 Å². The zero-order chi connectivity index (χ0) is 17.9. The zero-order valence-electron chi connectivity index (χ0n) is 13.6. The molecule has 8 nitrogen and oxygen atoms in total. The fraction of sp³-hybridized carbons (Fsp3) is 0.667. The number of unbranched alkanes of at least 4 members (excludes halogenated alkanes) is 2. The molecule has 134 valence electrons. The molecule has 1 fully saturated rings. The summed E-state index contributed by atoms with van der Waals surface area (Å²) in [6.45, 7) is 3.52. The maximum Gasteiger partial charge on any atom is 0.351 e. The van der Waals surface area contributed by atoms with Gasteiger partial charge < -0.3 is 20.3 Å². The molecule has 2 rings (SSSR count). The summed E-state index contributed by atoms with van der Waals surface area (Å²) in [4.78, 5) is 27.2. The van der Waals surface area contributed by atoms with Crippen LogP contribution >= 0.6 is 0 Å². The van der Waals surface area contributed by atoms with E-state index in [1.807, 2.05) is 6.92 Å². The Morgan fingerprint density at radius 2 is 2.12 bits per heavy atom. The van der Waals surface area contributed by atoms with E-state index in [-0.39, 0.29) is 6.42 Å². The summed E-state index contributed by atoms with van der Waals surface area (Å²) < 4.78 is 20.1. The molecule has 3 N–H and O–H groups in total. The van der Waals surface area contributed by atoms with Crippen LogP contribution in [-0.4, -0.2) is 44.0 Å². The average molecular weight is 343 g/mol. The Labute approximate surface area is 138 Å². The Balaban J connectivity index is 2.14. The number of hydrogen-bond acceptors (Lipinski definition) is 6. The van der Waals surface area contributed by atoms with Gasteiger partial charge in [0, 0.05) is 6.42 Å². The molecule has 1 amide bonds. The number of aliphatic hydroxyl groups is 2. The number of ether oxygens (including phenoxy) is 1. The van der Waals surface area contributed by atoms with Crippen molar-refractivity contribution in [3.63, 3.8) is 0 Å². The van der Waals surface area contributed by atoms with Gasteiger partial charge >= 0.3 is 5.69 Å². The van der Waals surface area contributed by atoms with Crippen molar-refractivity contribution in [2.75, 3.05) is 5.32 Å². The van der Waals surface area contributed by atoms with E-state index in [1.165, 1.54) is 6.92 Å². The predicted octanol–water partition coefficient (Wildman–Crippen LogP) is 0.540. The molecule has 0 unspecified atom stereocenters. The number of aliphatic hydroxyl groups excluding tert-OH is 2. The third kappa shape index (κ3) is 3.97. The first-order chi connectivity index (χ1) is 11.3. The van der Waals surface area contributed by atoms with Gasteiger partial charge in [0.2, 0.25) is 5.91 Å². The van der Waals surface area contributed by atoms with E-state index >= 15 is 0 Å². The van der Waals surface area contributed by atoms with E-state index in [1.54, 1.807) is 0 Å². The Morgan fingerprint density at radius 1 is 1.42 bits per heavy atom. The fourth-order valence-corrected chi connectivity index (χ4v) is 2.50. The number of nitrogens with zero attached hydrogens (tertiary/aromatic N) is 2. The van der Waals surface area contributed by atoms with Gasteiger partial charge in [-0.3, -0.25) is 9.36 Å². The van der Waals surface area contributed by atoms with Crippen molar-refractivity contribution in [3.05, 3.63) is 22.5 Å². The van der Waals surface area contributed by atoms with Crippen LogP contribution in [0.25, 0.3) is 0 Å². The predicted molar refractivity (Wildman–Crippen MR) is 82.8 cm³/mol. The number of aromatic nitrogens is 2. The topological polar surface area (TPSA) is 114 Å². The summed E-state index contributed by atoms with van der Waals surface area (Å²) in [5.74, 6) is -1.81. The van der Waals surface area contributed by atoms with Gasteiger partial charge in [-0.15, -0.1) is 0 Å². The summed E-state index contributed by atoms with van der Waals surface area (Å²) in [7, 11) is 0. The third-order valence-corrected chi connectivity index (χ3v) is 3.92. The van der Waals surface area contributed by atoms with Crippen LogP contribution in [-0.2, 0) is 9.53 Å². The van der Waals surface area contributed by atoms with Crippen LogP contribution in [0.5, 0.6) is 0 Å². The van der Waals surface area contributed by atoms with Crippen molar-refractivity contribution >= 4 is 11.7 Å². The smallest absolute Gasteiger partial charge is 0.351 e. The second-order valence-corrected chi connectivity index (χ2v) is 5.85. The van der Waals surface area contributed by atoms with Gasteiger partial charge in [0.15, 0.2) is 17.9 Å². The minimum absolute atomic E-state index is 0.214. The second kappa shape index (κ2) is 7.82. The highest BCUT2D eigenvalue weighted by Crippen LogP contribution is 2.28. The van der Waals surface area contributed by atoms with E-state index in [9.17, 15) is 24.2 Å². The molecule has 0 bridgehead atoms. The highest BCUT2D eigenvalue weighted by atomic mass is 19.1. The van der Waals surface area contributed by atoms with Crippen molar-refractivity contribution in [3.8, 4) is 0 Å². The maximum atomic E-state index is 14.1. The number of carbonyl (C=O) groups excluding carboxylic acids is 1. The zero-order valence-corrected chi connectivity index (χ0v) is 13.6. The largest absolute Gasteiger partial charge is 0.388 e. The van der Waals surface area contributed by atoms with Crippen LogP contribution in [0.1, 0.15) is 45.8 Å². The van der Waals surface area contributed by atoms with Crippen LogP contribution in [0, 0.1) is 5.82 Å². The molecule has 4 atom stereocenters. The summed E-state index contributed by atoms with van der Waals surface area (Å²) in [5, 5.41) is 21.8. The van der Waals surface area contributed by atoms with Gasteiger partial charge in [-0.2, -0.15) is 4.98 Å². The molecular formula is C15H22FN3O5. The van der Waals surface area contributed by atoms with Crippen LogP contribution < -0.4 is 11.0 Å². The molecule has 1 saturated heterocycles. The summed E-state index contributed by atoms with van der Waals surface area (Å²) in [5.41, 5.74) is -0.898. The lowest BCUT2D eigenvalue weighted by molar-refractivity contribution is -0.116. The SMILES string of the molecule is CCCCCC(=O)Nc1nc(=O)n([C@@H]2O[C@H](C)[C@@H](O)[C@H]2O)cc1F. The maximum absolute atomic E-state index is 14.1. The average Bonchev–Trinajstić information content (AvgIpc) is 2.78. The molecule has 24 heavy (non-hydrogen) atoms. The van der Waals surface area contributed by atoms with Gasteiger partial charge in [0.1, 0.15) is 12.2 Å². The molecule has 1 aliphatic heterocycles. The van der Waals surface area contributed by atoms with E-state index in [2.05, 4.69) is 10.3 Å². The van der Waals surface area contributed by atoms with Crippen molar-refractivity contribution in [2.24, 2.45) is 0 Å².